The Morgan fingerprint density at radius 2 is 0.981 bits per heavy atom. The van der Waals surface area contributed by atoms with E-state index in [9.17, 15) is 0 Å². The standard InChI is InChI=1S/C11H14.C11H24.C10H20.C9H20.C7H8O.C4H10O/c1-9(2)8-11-6-4-10(3)5-7-11;1-3-5-7-9-11-10-8-6-4-2;1-3-10(4-2)8-6-5-7-9-10;1-3-5-7-9-8-6-4-2;1-6-4-2-3-5-7(6)8;1-3-4(2)5/h4-7H,1,8H2,2-3H3;3-11H2,1-2H3;3-9H2,1-2H3;3-9H2,1-2H3;2-5,8H,1H3;4-5H,3H2,1-2H3. The number of unbranched alkanes of at least 4 members (excludes halogenated alkanes) is 14. The molecule has 2 aromatic rings. The minimum absolute atomic E-state index is 0.116. The topological polar surface area (TPSA) is 40.5 Å². The molecular formula is C52H96O2. The zero-order valence-electron chi connectivity index (χ0n) is 38.5. The minimum atomic E-state index is -0.116. The third kappa shape index (κ3) is 39.6. The van der Waals surface area contributed by atoms with Gasteiger partial charge in [0.2, 0.25) is 0 Å². The second-order valence-electron chi connectivity index (χ2n) is 16.2. The average molecular weight is 753 g/mol. The van der Waals surface area contributed by atoms with E-state index in [1.165, 1.54) is 164 Å². The predicted octanol–water partition coefficient (Wildman–Crippen LogP) is 17.6. The van der Waals surface area contributed by atoms with Crippen LogP contribution in [-0.4, -0.2) is 16.3 Å². The first-order valence-electron chi connectivity index (χ1n) is 23.0. The molecule has 2 nitrogen and oxygen atoms in total. The molecule has 0 heterocycles. The maximum atomic E-state index is 8.92. The molecule has 0 aliphatic heterocycles. The zero-order chi connectivity index (χ0) is 41.3. The van der Waals surface area contributed by atoms with E-state index >= 15 is 0 Å². The van der Waals surface area contributed by atoms with Crippen molar-refractivity contribution in [2.24, 2.45) is 5.41 Å². The molecule has 1 atom stereocenters. The van der Waals surface area contributed by atoms with Crippen molar-refractivity contribution in [3.63, 3.8) is 0 Å². The van der Waals surface area contributed by atoms with E-state index in [0.29, 0.717) is 5.75 Å². The normalized spacial score (nSPS) is 13.0. The van der Waals surface area contributed by atoms with Crippen molar-refractivity contribution in [2.45, 2.75) is 243 Å². The Hall–Kier alpha value is -2.06. The second-order valence-corrected chi connectivity index (χ2v) is 16.2. The van der Waals surface area contributed by atoms with Gasteiger partial charge in [-0.1, -0.05) is 243 Å². The lowest BCUT2D eigenvalue weighted by molar-refractivity contribution is 0.173. The van der Waals surface area contributed by atoms with Gasteiger partial charge in [0.1, 0.15) is 5.75 Å². The van der Waals surface area contributed by atoms with E-state index in [-0.39, 0.29) is 6.10 Å². The van der Waals surface area contributed by atoms with Crippen LogP contribution in [-0.2, 0) is 6.42 Å². The fraction of sp³-hybridized carbons (Fsp3) is 0.731. The number of allylic oxidation sites excluding steroid dienone is 1. The Labute approximate surface area is 340 Å². The Morgan fingerprint density at radius 1 is 0.611 bits per heavy atom. The molecular weight excluding hydrogens is 657 g/mol. The number of phenols is 1. The first kappa shape index (κ1) is 56.3. The Balaban J connectivity index is -0.000000586. The summed E-state index contributed by atoms with van der Waals surface area (Å²) in [6.07, 6.45) is 34.9. The van der Waals surface area contributed by atoms with Crippen LogP contribution in [0.25, 0.3) is 0 Å². The first-order valence-corrected chi connectivity index (χ1v) is 23.0. The van der Waals surface area contributed by atoms with Gasteiger partial charge in [-0.15, -0.1) is 0 Å². The number of rotatable bonds is 19. The van der Waals surface area contributed by atoms with Gasteiger partial charge in [-0.3, -0.25) is 0 Å². The molecule has 2 heteroatoms. The molecule has 1 aliphatic rings. The van der Waals surface area contributed by atoms with Crippen LogP contribution in [0.3, 0.4) is 0 Å². The number of benzene rings is 2. The molecule has 2 N–H and O–H groups in total. The van der Waals surface area contributed by atoms with Gasteiger partial charge in [0.15, 0.2) is 0 Å². The van der Waals surface area contributed by atoms with Gasteiger partial charge in [-0.05, 0) is 76.0 Å². The van der Waals surface area contributed by atoms with Gasteiger partial charge in [0.25, 0.3) is 0 Å². The highest BCUT2D eigenvalue weighted by atomic mass is 16.3. The molecule has 0 bridgehead atoms. The van der Waals surface area contributed by atoms with Crippen molar-refractivity contribution in [1.29, 1.82) is 0 Å². The molecule has 2 aromatic carbocycles. The van der Waals surface area contributed by atoms with E-state index in [1.54, 1.807) is 13.0 Å². The number of hydrogen-bond acceptors (Lipinski definition) is 2. The highest BCUT2D eigenvalue weighted by Crippen LogP contribution is 2.41. The Kier molecular flexibility index (Phi) is 43.9. The molecule has 316 valence electrons. The summed E-state index contributed by atoms with van der Waals surface area (Å²) in [6.45, 7) is 27.4. The summed E-state index contributed by atoms with van der Waals surface area (Å²) in [7, 11) is 0. The van der Waals surface area contributed by atoms with Gasteiger partial charge in [0, 0.05) is 0 Å². The van der Waals surface area contributed by atoms with Crippen LogP contribution in [0.2, 0.25) is 0 Å². The Morgan fingerprint density at radius 3 is 1.24 bits per heavy atom. The maximum Gasteiger partial charge on any atom is 0.118 e. The SMILES string of the molecule is C=C(C)Cc1ccc(C)cc1.CCC(C)O.CCC1(CC)CCCCC1.CCCCCCCCC.CCCCCCCCCCC.Cc1ccccc1O. The fourth-order valence-corrected chi connectivity index (χ4v) is 6.29. The summed E-state index contributed by atoms with van der Waals surface area (Å²) in [5, 5.41) is 17.3. The molecule has 1 saturated carbocycles. The quantitative estimate of drug-likeness (QED) is 0.111. The third-order valence-corrected chi connectivity index (χ3v) is 10.7. The van der Waals surface area contributed by atoms with Crippen LogP contribution in [0.4, 0.5) is 0 Å². The van der Waals surface area contributed by atoms with Crippen LogP contribution in [0.5, 0.6) is 5.75 Å². The molecule has 0 amide bonds. The first-order chi connectivity index (χ1) is 25.9. The van der Waals surface area contributed by atoms with Crippen molar-refractivity contribution >= 4 is 0 Å². The van der Waals surface area contributed by atoms with Crippen LogP contribution in [0.15, 0.2) is 60.7 Å². The number of aliphatic hydroxyl groups is 1. The minimum Gasteiger partial charge on any atom is -0.508 e. The van der Waals surface area contributed by atoms with Gasteiger partial charge >= 0.3 is 0 Å². The van der Waals surface area contributed by atoms with E-state index in [1.807, 2.05) is 32.0 Å². The highest BCUT2D eigenvalue weighted by Gasteiger charge is 2.27. The highest BCUT2D eigenvalue weighted by molar-refractivity contribution is 5.29. The Bertz CT molecular complexity index is 974. The van der Waals surface area contributed by atoms with Crippen LogP contribution in [0, 0.1) is 19.3 Å². The lowest BCUT2D eigenvalue weighted by atomic mass is 9.71. The summed E-state index contributed by atoms with van der Waals surface area (Å²) < 4.78 is 0. The molecule has 1 fully saturated rings. The van der Waals surface area contributed by atoms with E-state index < -0.39 is 0 Å². The predicted molar refractivity (Wildman–Crippen MR) is 247 cm³/mol. The lowest BCUT2D eigenvalue weighted by Gasteiger charge is -2.35. The van der Waals surface area contributed by atoms with Crippen molar-refractivity contribution in [3.8, 4) is 5.75 Å². The summed E-state index contributed by atoms with van der Waals surface area (Å²) in [5.41, 5.74) is 5.57. The van der Waals surface area contributed by atoms with Gasteiger partial charge in [0.05, 0.1) is 6.10 Å². The number of hydrogen-bond donors (Lipinski definition) is 2. The molecule has 0 spiro atoms. The number of phenolic OH excluding ortho intramolecular Hbond substituents is 1. The molecule has 0 aromatic heterocycles. The van der Waals surface area contributed by atoms with Crippen molar-refractivity contribution in [2.75, 3.05) is 0 Å². The largest absolute Gasteiger partial charge is 0.508 e. The second kappa shape index (κ2) is 42.1. The number of para-hydroxylation sites is 1. The molecule has 1 unspecified atom stereocenters. The monoisotopic (exact) mass is 753 g/mol. The van der Waals surface area contributed by atoms with Crippen LogP contribution >= 0.6 is 0 Å². The number of aryl methyl sites for hydroxylation is 2. The third-order valence-electron chi connectivity index (χ3n) is 10.7. The molecule has 3 rings (SSSR count). The van der Waals surface area contributed by atoms with E-state index in [2.05, 4.69) is 86.2 Å². The van der Waals surface area contributed by atoms with Gasteiger partial charge < -0.3 is 10.2 Å². The zero-order valence-corrected chi connectivity index (χ0v) is 38.5. The van der Waals surface area contributed by atoms with Crippen LogP contribution in [0.1, 0.15) is 233 Å². The summed E-state index contributed by atoms with van der Waals surface area (Å²) in [5.74, 6) is 0.368. The van der Waals surface area contributed by atoms with E-state index in [0.717, 1.165) is 23.8 Å². The summed E-state index contributed by atoms with van der Waals surface area (Å²) >= 11 is 0. The molecule has 0 saturated heterocycles. The van der Waals surface area contributed by atoms with Crippen molar-refractivity contribution < 1.29 is 10.2 Å². The van der Waals surface area contributed by atoms with Crippen LogP contribution < -0.4 is 0 Å². The summed E-state index contributed by atoms with van der Waals surface area (Å²) in [4.78, 5) is 0. The molecule has 1 aliphatic carbocycles. The summed E-state index contributed by atoms with van der Waals surface area (Å²) in [6, 6.07) is 15.8. The van der Waals surface area contributed by atoms with Crippen molar-refractivity contribution in [1.82, 2.24) is 0 Å². The number of aliphatic hydroxyl groups excluding tert-OH is 1. The smallest absolute Gasteiger partial charge is 0.118 e. The average Bonchev–Trinajstić information content (AvgIpc) is 3.18. The lowest BCUT2D eigenvalue weighted by Crippen LogP contribution is -2.21. The van der Waals surface area contributed by atoms with Gasteiger partial charge in [-0.2, -0.15) is 0 Å². The van der Waals surface area contributed by atoms with E-state index in [4.69, 9.17) is 10.2 Å². The number of aromatic hydroxyl groups is 1. The van der Waals surface area contributed by atoms with Crippen molar-refractivity contribution in [3.05, 3.63) is 77.4 Å². The molecule has 0 radical (unpaired) electrons. The maximum absolute atomic E-state index is 8.92. The molecule has 54 heavy (non-hydrogen) atoms. The fourth-order valence-electron chi connectivity index (χ4n) is 6.29. The van der Waals surface area contributed by atoms with Gasteiger partial charge in [-0.25, -0.2) is 0 Å².